The molecule has 0 aliphatic carbocycles. The fourth-order valence-electron chi connectivity index (χ4n) is 1.12. The SMILES string of the molecule is Cc1ncn(C(C)C)c1CO. The number of rotatable bonds is 2. The first-order valence-corrected chi connectivity index (χ1v) is 3.80. The van der Waals surface area contributed by atoms with E-state index in [0.717, 1.165) is 11.4 Å². The molecular weight excluding hydrogens is 140 g/mol. The molecule has 0 radical (unpaired) electrons. The average Bonchev–Trinajstić information content (AvgIpc) is 2.30. The molecule has 0 saturated carbocycles. The Kier molecular flexibility index (Phi) is 2.29. The Morgan fingerprint density at radius 3 is 2.64 bits per heavy atom. The van der Waals surface area contributed by atoms with Crippen LogP contribution in [0.1, 0.15) is 31.3 Å². The van der Waals surface area contributed by atoms with Crippen LogP contribution in [0.4, 0.5) is 0 Å². The molecule has 0 aliphatic heterocycles. The largest absolute Gasteiger partial charge is 0.390 e. The minimum Gasteiger partial charge on any atom is -0.390 e. The van der Waals surface area contributed by atoms with Crippen LogP contribution in [0.5, 0.6) is 0 Å². The van der Waals surface area contributed by atoms with Crippen molar-refractivity contribution in [2.75, 3.05) is 0 Å². The van der Waals surface area contributed by atoms with Gasteiger partial charge < -0.3 is 9.67 Å². The van der Waals surface area contributed by atoms with Crippen molar-refractivity contribution in [1.82, 2.24) is 9.55 Å². The van der Waals surface area contributed by atoms with Crippen molar-refractivity contribution in [1.29, 1.82) is 0 Å². The molecule has 11 heavy (non-hydrogen) atoms. The molecule has 1 N–H and O–H groups in total. The van der Waals surface area contributed by atoms with E-state index in [-0.39, 0.29) is 6.61 Å². The molecule has 1 aromatic rings. The maximum atomic E-state index is 8.98. The summed E-state index contributed by atoms with van der Waals surface area (Å²) in [6.07, 6.45) is 1.77. The second kappa shape index (κ2) is 3.05. The van der Waals surface area contributed by atoms with Gasteiger partial charge in [0.25, 0.3) is 0 Å². The van der Waals surface area contributed by atoms with E-state index in [9.17, 15) is 0 Å². The Balaban J connectivity index is 3.05. The summed E-state index contributed by atoms with van der Waals surface area (Å²) in [4.78, 5) is 4.11. The molecule has 0 unspecified atom stereocenters. The van der Waals surface area contributed by atoms with Gasteiger partial charge >= 0.3 is 0 Å². The maximum absolute atomic E-state index is 8.98. The summed E-state index contributed by atoms with van der Waals surface area (Å²) in [6, 6.07) is 0.373. The van der Waals surface area contributed by atoms with E-state index in [0.29, 0.717) is 6.04 Å². The molecule has 1 rings (SSSR count). The van der Waals surface area contributed by atoms with Gasteiger partial charge in [-0.2, -0.15) is 0 Å². The summed E-state index contributed by atoms with van der Waals surface area (Å²) in [6.45, 7) is 6.12. The predicted octanol–water partition coefficient (Wildman–Crippen LogP) is 1.26. The van der Waals surface area contributed by atoms with Crippen molar-refractivity contribution < 1.29 is 5.11 Å². The van der Waals surface area contributed by atoms with Crippen LogP contribution in [0.25, 0.3) is 0 Å². The van der Waals surface area contributed by atoms with E-state index < -0.39 is 0 Å². The zero-order valence-electron chi connectivity index (χ0n) is 7.20. The van der Waals surface area contributed by atoms with Gasteiger partial charge in [-0.15, -0.1) is 0 Å². The standard InChI is InChI=1S/C8H14N2O/c1-6(2)10-5-9-7(3)8(10)4-11/h5-6,11H,4H2,1-3H3. The van der Waals surface area contributed by atoms with Crippen molar-refractivity contribution >= 4 is 0 Å². The quantitative estimate of drug-likeness (QED) is 0.696. The van der Waals surface area contributed by atoms with Crippen LogP contribution in [-0.4, -0.2) is 14.7 Å². The molecule has 0 bridgehead atoms. The van der Waals surface area contributed by atoms with Gasteiger partial charge in [0.1, 0.15) is 0 Å². The second-order valence-corrected chi connectivity index (χ2v) is 2.94. The average molecular weight is 154 g/mol. The van der Waals surface area contributed by atoms with Crippen molar-refractivity contribution in [2.45, 2.75) is 33.4 Å². The number of aliphatic hydroxyl groups is 1. The summed E-state index contributed by atoms with van der Waals surface area (Å²) in [5.74, 6) is 0. The molecule has 0 atom stereocenters. The minimum atomic E-state index is 0.0734. The number of hydrogen-bond acceptors (Lipinski definition) is 2. The first kappa shape index (κ1) is 8.27. The topological polar surface area (TPSA) is 38.0 Å². The van der Waals surface area contributed by atoms with Crippen LogP contribution >= 0.6 is 0 Å². The summed E-state index contributed by atoms with van der Waals surface area (Å²) < 4.78 is 1.98. The molecule has 1 aromatic heterocycles. The normalized spacial score (nSPS) is 11.0. The summed E-state index contributed by atoms with van der Waals surface area (Å²) in [7, 11) is 0. The molecule has 0 aliphatic rings. The number of aromatic nitrogens is 2. The fraction of sp³-hybridized carbons (Fsp3) is 0.625. The van der Waals surface area contributed by atoms with Crippen molar-refractivity contribution in [3.05, 3.63) is 17.7 Å². The highest BCUT2D eigenvalue weighted by atomic mass is 16.3. The molecule has 0 spiro atoms. The number of imidazole rings is 1. The van der Waals surface area contributed by atoms with Crippen molar-refractivity contribution in [3.63, 3.8) is 0 Å². The van der Waals surface area contributed by atoms with Gasteiger partial charge in [-0.1, -0.05) is 0 Å². The first-order valence-electron chi connectivity index (χ1n) is 3.80. The summed E-state index contributed by atoms with van der Waals surface area (Å²) >= 11 is 0. The fourth-order valence-corrected chi connectivity index (χ4v) is 1.12. The molecule has 3 nitrogen and oxygen atoms in total. The molecule has 0 fully saturated rings. The van der Waals surface area contributed by atoms with Crippen LogP contribution in [0.15, 0.2) is 6.33 Å². The van der Waals surface area contributed by atoms with Gasteiger partial charge in [-0.25, -0.2) is 4.98 Å². The summed E-state index contributed by atoms with van der Waals surface area (Å²) in [5.41, 5.74) is 1.83. The first-order chi connectivity index (χ1) is 5.16. The zero-order valence-corrected chi connectivity index (χ0v) is 7.20. The van der Waals surface area contributed by atoms with Crippen molar-refractivity contribution in [2.24, 2.45) is 0 Å². The highest BCUT2D eigenvalue weighted by Gasteiger charge is 2.07. The van der Waals surface area contributed by atoms with Crippen LogP contribution in [0, 0.1) is 6.92 Å². The van der Waals surface area contributed by atoms with Gasteiger partial charge in [0.2, 0.25) is 0 Å². The summed E-state index contributed by atoms with van der Waals surface area (Å²) in [5, 5.41) is 8.98. The third-order valence-corrected chi connectivity index (χ3v) is 1.81. The lowest BCUT2D eigenvalue weighted by atomic mass is 10.3. The van der Waals surface area contributed by atoms with Crippen LogP contribution in [-0.2, 0) is 6.61 Å². The van der Waals surface area contributed by atoms with Crippen LogP contribution < -0.4 is 0 Å². The van der Waals surface area contributed by atoms with Gasteiger partial charge in [-0.3, -0.25) is 0 Å². The molecular formula is C8H14N2O. The lowest BCUT2D eigenvalue weighted by Gasteiger charge is -2.09. The smallest absolute Gasteiger partial charge is 0.0954 e. The Bertz CT molecular complexity index is 240. The van der Waals surface area contributed by atoms with E-state index in [1.165, 1.54) is 0 Å². The molecule has 62 valence electrons. The molecule has 0 aromatic carbocycles. The van der Waals surface area contributed by atoms with Gasteiger partial charge in [0.15, 0.2) is 0 Å². The highest BCUT2D eigenvalue weighted by Crippen LogP contribution is 2.12. The van der Waals surface area contributed by atoms with Crippen LogP contribution in [0.2, 0.25) is 0 Å². The lowest BCUT2D eigenvalue weighted by molar-refractivity contribution is 0.267. The maximum Gasteiger partial charge on any atom is 0.0954 e. The number of hydrogen-bond donors (Lipinski definition) is 1. The van der Waals surface area contributed by atoms with Gasteiger partial charge in [0, 0.05) is 6.04 Å². The molecule has 0 saturated heterocycles. The van der Waals surface area contributed by atoms with E-state index in [4.69, 9.17) is 5.11 Å². The monoisotopic (exact) mass is 154 g/mol. The number of aryl methyl sites for hydroxylation is 1. The van der Waals surface area contributed by atoms with E-state index in [1.54, 1.807) is 6.33 Å². The minimum absolute atomic E-state index is 0.0734. The predicted molar refractivity (Wildman–Crippen MR) is 43.3 cm³/mol. The number of nitrogens with zero attached hydrogens (tertiary/aromatic N) is 2. The number of aliphatic hydroxyl groups excluding tert-OH is 1. The highest BCUT2D eigenvalue weighted by molar-refractivity contribution is 5.10. The third kappa shape index (κ3) is 1.43. The molecule has 3 heteroatoms. The van der Waals surface area contributed by atoms with Crippen molar-refractivity contribution in [3.8, 4) is 0 Å². The molecule has 0 amide bonds. The van der Waals surface area contributed by atoms with E-state index >= 15 is 0 Å². The zero-order chi connectivity index (χ0) is 8.43. The Labute approximate surface area is 66.7 Å². The third-order valence-electron chi connectivity index (χ3n) is 1.81. The van der Waals surface area contributed by atoms with Crippen LogP contribution in [0.3, 0.4) is 0 Å². The van der Waals surface area contributed by atoms with Gasteiger partial charge in [-0.05, 0) is 20.8 Å². The van der Waals surface area contributed by atoms with Gasteiger partial charge in [0.05, 0.1) is 24.3 Å². The Hall–Kier alpha value is -0.830. The van der Waals surface area contributed by atoms with E-state index in [2.05, 4.69) is 18.8 Å². The lowest BCUT2D eigenvalue weighted by Crippen LogP contribution is -2.04. The Morgan fingerprint density at radius 2 is 2.27 bits per heavy atom. The Morgan fingerprint density at radius 1 is 1.64 bits per heavy atom. The van der Waals surface area contributed by atoms with E-state index in [1.807, 2.05) is 11.5 Å². The second-order valence-electron chi connectivity index (χ2n) is 2.94. The molecule has 1 heterocycles.